The van der Waals surface area contributed by atoms with Crippen LogP contribution in [-0.2, 0) is 16.6 Å². The molecule has 142 valence electrons. The summed E-state index contributed by atoms with van der Waals surface area (Å²) >= 11 is 0. The highest BCUT2D eigenvalue weighted by Crippen LogP contribution is 2.31. The predicted molar refractivity (Wildman–Crippen MR) is 110 cm³/mol. The van der Waals surface area contributed by atoms with Gasteiger partial charge in [0.15, 0.2) is 0 Å². The predicted octanol–water partition coefficient (Wildman–Crippen LogP) is 3.02. The second-order valence-electron chi connectivity index (χ2n) is 6.51. The zero-order valence-electron chi connectivity index (χ0n) is 15.9. The number of hydrogen-bond donors (Lipinski definition) is 1. The average molecular weight is 385 g/mol. The molecule has 27 heavy (non-hydrogen) atoms. The van der Waals surface area contributed by atoms with Gasteiger partial charge in [-0.25, -0.2) is 8.42 Å². The maximum atomic E-state index is 12.6. The molecule has 0 fully saturated rings. The molecule has 0 saturated heterocycles. The van der Waals surface area contributed by atoms with Crippen LogP contribution in [0.15, 0.2) is 59.1 Å². The lowest BCUT2D eigenvalue weighted by Crippen LogP contribution is -2.23. The number of anilines is 1. The monoisotopic (exact) mass is 385 g/mol. The number of sulfonamides is 1. The van der Waals surface area contributed by atoms with Gasteiger partial charge < -0.3 is 9.64 Å². The number of amidine groups is 1. The standard InChI is InChI=1S/C20H23N3O3S/c1-14-19(16-7-11-18(26-4)12-8-16)27(24,25)22-20(14)21-13-15-5-9-17(10-6-15)23(2)3/h5-12H,13H2,1-4H3,(H,21,22). The van der Waals surface area contributed by atoms with Crippen LogP contribution < -0.4 is 14.4 Å². The molecule has 0 aliphatic carbocycles. The van der Waals surface area contributed by atoms with Gasteiger partial charge in [0.2, 0.25) is 0 Å². The molecule has 2 aromatic rings. The first-order valence-corrected chi connectivity index (χ1v) is 9.99. The van der Waals surface area contributed by atoms with Crippen molar-refractivity contribution in [3.63, 3.8) is 0 Å². The largest absolute Gasteiger partial charge is 0.497 e. The summed E-state index contributed by atoms with van der Waals surface area (Å²) in [7, 11) is 1.91. The minimum atomic E-state index is -3.63. The third kappa shape index (κ3) is 3.98. The van der Waals surface area contributed by atoms with E-state index in [1.54, 1.807) is 38.3 Å². The lowest BCUT2D eigenvalue weighted by atomic mass is 10.1. The van der Waals surface area contributed by atoms with Gasteiger partial charge >= 0.3 is 0 Å². The molecule has 2 aromatic carbocycles. The summed E-state index contributed by atoms with van der Waals surface area (Å²) in [5.41, 5.74) is 3.34. The number of nitrogens with one attached hydrogen (secondary N) is 1. The third-order valence-corrected chi connectivity index (χ3v) is 5.96. The molecule has 0 amide bonds. The smallest absolute Gasteiger partial charge is 0.264 e. The van der Waals surface area contributed by atoms with Crippen molar-refractivity contribution < 1.29 is 13.2 Å². The normalized spacial score (nSPS) is 17.1. The Morgan fingerprint density at radius 3 is 2.22 bits per heavy atom. The SMILES string of the molecule is COc1ccc(C2=C(C)C(=NCc3ccc(N(C)C)cc3)NS2(=O)=O)cc1. The van der Waals surface area contributed by atoms with Gasteiger partial charge in [-0.1, -0.05) is 12.1 Å². The molecule has 0 bridgehead atoms. The number of aliphatic imine (C=N–C) groups is 1. The van der Waals surface area contributed by atoms with Gasteiger partial charge in [-0.05, 0) is 54.4 Å². The first kappa shape index (κ1) is 19.0. The van der Waals surface area contributed by atoms with Crippen LogP contribution in [0.25, 0.3) is 4.91 Å². The molecule has 3 rings (SSSR count). The molecule has 0 unspecified atom stereocenters. The summed E-state index contributed by atoms with van der Waals surface area (Å²) in [6.07, 6.45) is 0. The fourth-order valence-corrected chi connectivity index (χ4v) is 4.42. The van der Waals surface area contributed by atoms with Crippen LogP contribution in [0.1, 0.15) is 18.1 Å². The first-order valence-electron chi connectivity index (χ1n) is 8.51. The van der Waals surface area contributed by atoms with E-state index in [2.05, 4.69) is 9.71 Å². The Kier molecular flexibility index (Phi) is 5.23. The van der Waals surface area contributed by atoms with Crippen LogP contribution in [0.3, 0.4) is 0 Å². The van der Waals surface area contributed by atoms with Gasteiger partial charge in [0.25, 0.3) is 10.0 Å². The Hall–Kier alpha value is -2.80. The van der Waals surface area contributed by atoms with Gasteiger partial charge in [-0.15, -0.1) is 0 Å². The lowest BCUT2D eigenvalue weighted by molar-refractivity contribution is 0.415. The van der Waals surface area contributed by atoms with Gasteiger partial charge in [-0.2, -0.15) is 0 Å². The van der Waals surface area contributed by atoms with Crippen LogP contribution in [0.2, 0.25) is 0 Å². The Morgan fingerprint density at radius 2 is 1.67 bits per heavy atom. The van der Waals surface area contributed by atoms with Crippen molar-refractivity contribution >= 4 is 26.5 Å². The maximum Gasteiger partial charge on any atom is 0.264 e. The highest BCUT2D eigenvalue weighted by Gasteiger charge is 2.32. The van der Waals surface area contributed by atoms with E-state index in [1.165, 1.54) is 0 Å². The van der Waals surface area contributed by atoms with Crippen LogP contribution >= 0.6 is 0 Å². The average Bonchev–Trinajstić information content (AvgIpc) is 2.88. The molecule has 6 nitrogen and oxygen atoms in total. The zero-order chi connectivity index (χ0) is 19.6. The molecule has 0 atom stereocenters. The van der Waals surface area contributed by atoms with Gasteiger partial charge in [0.1, 0.15) is 16.5 Å². The molecule has 1 aliphatic rings. The van der Waals surface area contributed by atoms with Crippen molar-refractivity contribution in [3.8, 4) is 5.75 Å². The Labute approximate surface area is 160 Å². The molecular formula is C20H23N3O3S. The topological polar surface area (TPSA) is 71.0 Å². The van der Waals surface area contributed by atoms with Crippen LogP contribution in [-0.4, -0.2) is 35.5 Å². The van der Waals surface area contributed by atoms with E-state index in [0.717, 1.165) is 11.3 Å². The van der Waals surface area contributed by atoms with E-state index in [0.29, 0.717) is 29.3 Å². The van der Waals surface area contributed by atoms with Crippen molar-refractivity contribution in [2.75, 3.05) is 26.1 Å². The number of ether oxygens (including phenoxy) is 1. The van der Waals surface area contributed by atoms with E-state index in [9.17, 15) is 8.42 Å². The van der Waals surface area contributed by atoms with Crippen molar-refractivity contribution in [3.05, 3.63) is 65.2 Å². The molecule has 0 spiro atoms. The first-order chi connectivity index (χ1) is 12.8. The molecule has 1 N–H and O–H groups in total. The van der Waals surface area contributed by atoms with Gasteiger partial charge in [0, 0.05) is 25.4 Å². The summed E-state index contributed by atoms with van der Waals surface area (Å²) in [6.45, 7) is 2.17. The Balaban J connectivity index is 1.88. The third-order valence-electron chi connectivity index (χ3n) is 4.42. The summed E-state index contributed by atoms with van der Waals surface area (Å²) < 4.78 is 32.9. The van der Waals surface area contributed by atoms with Crippen LogP contribution in [0, 0.1) is 0 Å². The van der Waals surface area contributed by atoms with Crippen molar-refractivity contribution in [1.29, 1.82) is 0 Å². The van der Waals surface area contributed by atoms with Crippen molar-refractivity contribution in [2.45, 2.75) is 13.5 Å². The van der Waals surface area contributed by atoms with Gasteiger partial charge in [0.05, 0.1) is 13.7 Å². The summed E-state index contributed by atoms with van der Waals surface area (Å²) in [5.74, 6) is 1.06. The minimum Gasteiger partial charge on any atom is -0.497 e. The van der Waals surface area contributed by atoms with Crippen LogP contribution in [0.5, 0.6) is 5.75 Å². The molecule has 0 aromatic heterocycles. The number of rotatable bonds is 5. The molecule has 0 saturated carbocycles. The van der Waals surface area contributed by atoms with Gasteiger partial charge in [-0.3, -0.25) is 9.71 Å². The summed E-state index contributed by atoms with van der Waals surface area (Å²) in [4.78, 5) is 6.76. The van der Waals surface area contributed by atoms with E-state index >= 15 is 0 Å². The van der Waals surface area contributed by atoms with Crippen molar-refractivity contribution in [1.82, 2.24) is 4.72 Å². The highest BCUT2D eigenvalue weighted by atomic mass is 32.2. The van der Waals surface area contributed by atoms with E-state index in [-0.39, 0.29) is 4.91 Å². The molecule has 0 radical (unpaired) electrons. The molecule has 1 aliphatic heterocycles. The molecule has 1 heterocycles. The Bertz CT molecular complexity index is 990. The number of hydrogen-bond acceptors (Lipinski definition) is 5. The second kappa shape index (κ2) is 7.44. The fraction of sp³-hybridized carbons (Fsp3) is 0.250. The quantitative estimate of drug-likeness (QED) is 0.859. The molecule has 7 heteroatoms. The number of benzene rings is 2. The maximum absolute atomic E-state index is 12.6. The molecular weight excluding hydrogens is 362 g/mol. The Morgan fingerprint density at radius 1 is 1.04 bits per heavy atom. The zero-order valence-corrected chi connectivity index (χ0v) is 16.7. The van der Waals surface area contributed by atoms with E-state index < -0.39 is 10.0 Å². The lowest BCUT2D eigenvalue weighted by Gasteiger charge is -2.12. The van der Waals surface area contributed by atoms with E-state index in [4.69, 9.17) is 4.74 Å². The van der Waals surface area contributed by atoms with Crippen molar-refractivity contribution in [2.24, 2.45) is 4.99 Å². The summed E-state index contributed by atoms with van der Waals surface area (Å²) in [6, 6.07) is 15.0. The minimum absolute atomic E-state index is 0.256. The highest BCUT2D eigenvalue weighted by molar-refractivity contribution is 8.00. The second-order valence-corrected chi connectivity index (χ2v) is 8.13. The number of methoxy groups -OCH3 is 1. The van der Waals surface area contributed by atoms with E-state index in [1.807, 2.05) is 43.3 Å². The fourth-order valence-electron chi connectivity index (χ4n) is 2.90. The summed E-state index contributed by atoms with van der Waals surface area (Å²) in [5, 5.41) is 0. The number of nitrogens with zero attached hydrogens (tertiary/aromatic N) is 2. The van der Waals surface area contributed by atoms with Crippen LogP contribution in [0.4, 0.5) is 5.69 Å².